The summed E-state index contributed by atoms with van der Waals surface area (Å²) in [6.07, 6.45) is 3.33. The predicted octanol–water partition coefficient (Wildman–Crippen LogP) is 2.53. The molecule has 0 aliphatic heterocycles. The van der Waals surface area contributed by atoms with Gasteiger partial charge in [0.1, 0.15) is 6.54 Å². The molecule has 0 saturated carbocycles. The number of esters is 1. The standard InChI is InChI=1S/C15H19NO3S/c1-4-19-15(18)10-16-14(20-3)9-13(17)12-7-5-11(2)6-8-12/h5-9,16H,4,10H2,1-3H3/b14-9-. The molecule has 4 nitrogen and oxygen atoms in total. The minimum atomic E-state index is -0.338. The van der Waals surface area contributed by atoms with Gasteiger partial charge in [0.2, 0.25) is 0 Å². The van der Waals surface area contributed by atoms with E-state index < -0.39 is 0 Å². The Labute approximate surface area is 123 Å². The SMILES string of the molecule is CCOC(=O)CN/C(=C/C(=O)c1ccc(C)cc1)SC. The molecule has 108 valence electrons. The van der Waals surface area contributed by atoms with Crippen LogP contribution in [0.15, 0.2) is 35.4 Å². The molecule has 0 radical (unpaired) electrons. The number of aryl methyl sites for hydroxylation is 1. The maximum absolute atomic E-state index is 12.0. The number of ketones is 1. The Balaban J connectivity index is 2.66. The minimum Gasteiger partial charge on any atom is -0.465 e. The average Bonchev–Trinajstić information content (AvgIpc) is 2.44. The Morgan fingerprint density at radius 1 is 1.30 bits per heavy atom. The number of thioether (sulfide) groups is 1. The number of carbonyl (C=O) groups is 2. The molecule has 0 atom stereocenters. The van der Waals surface area contributed by atoms with E-state index in [4.69, 9.17) is 4.74 Å². The van der Waals surface area contributed by atoms with Crippen molar-refractivity contribution >= 4 is 23.5 Å². The molecule has 0 aromatic heterocycles. The number of allylic oxidation sites excluding steroid dienone is 1. The Morgan fingerprint density at radius 2 is 1.95 bits per heavy atom. The number of nitrogens with one attached hydrogen (secondary N) is 1. The van der Waals surface area contributed by atoms with E-state index in [2.05, 4.69) is 5.32 Å². The molecule has 20 heavy (non-hydrogen) atoms. The topological polar surface area (TPSA) is 55.4 Å². The summed E-state index contributed by atoms with van der Waals surface area (Å²) in [6, 6.07) is 7.37. The lowest BCUT2D eigenvalue weighted by molar-refractivity contribution is -0.141. The molecule has 1 N–H and O–H groups in total. The van der Waals surface area contributed by atoms with Gasteiger partial charge in [-0.3, -0.25) is 9.59 Å². The second kappa shape index (κ2) is 8.43. The van der Waals surface area contributed by atoms with Crippen LogP contribution in [0.2, 0.25) is 0 Å². The first-order valence-electron chi connectivity index (χ1n) is 6.33. The Bertz CT molecular complexity index is 494. The Kier molecular flexibility index (Phi) is 6.87. The largest absolute Gasteiger partial charge is 0.465 e. The first-order valence-corrected chi connectivity index (χ1v) is 7.55. The molecule has 0 saturated heterocycles. The highest BCUT2D eigenvalue weighted by molar-refractivity contribution is 8.02. The van der Waals surface area contributed by atoms with Crippen molar-refractivity contribution in [3.63, 3.8) is 0 Å². The molecule has 1 aromatic carbocycles. The fourth-order valence-corrected chi connectivity index (χ4v) is 1.92. The summed E-state index contributed by atoms with van der Waals surface area (Å²) < 4.78 is 4.82. The Hall–Kier alpha value is -1.75. The average molecular weight is 293 g/mol. The van der Waals surface area contributed by atoms with Crippen molar-refractivity contribution in [3.05, 3.63) is 46.5 Å². The summed E-state index contributed by atoms with van der Waals surface area (Å²) >= 11 is 1.38. The second-order valence-electron chi connectivity index (χ2n) is 4.10. The van der Waals surface area contributed by atoms with Crippen LogP contribution in [0, 0.1) is 6.92 Å². The van der Waals surface area contributed by atoms with E-state index in [1.165, 1.54) is 17.8 Å². The molecule has 0 amide bonds. The Morgan fingerprint density at radius 3 is 2.50 bits per heavy atom. The maximum Gasteiger partial charge on any atom is 0.325 e. The third-order valence-corrected chi connectivity index (χ3v) is 3.23. The summed E-state index contributed by atoms with van der Waals surface area (Å²) in [6.45, 7) is 4.13. The van der Waals surface area contributed by atoms with Gasteiger partial charge in [0.05, 0.1) is 11.6 Å². The smallest absolute Gasteiger partial charge is 0.325 e. The monoisotopic (exact) mass is 293 g/mol. The van der Waals surface area contributed by atoms with Gasteiger partial charge >= 0.3 is 5.97 Å². The van der Waals surface area contributed by atoms with E-state index >= 15 is 0 Å². The van der Waals surface area contributed by atoms with Gasteiger partial charge in [0, 0.05) is 11.6 Å². The zero-order valence-electron chi connectivity index (χ0n) is 11.9. The van der Waals surface area contributed by atoms with Crippen LogP contribution in [0.3, 0.4) is 0 Å². The van der Waals surface area contributed by atoms with Crippen LogP contribution in [-0.4, -0.2) is 31.2 Å². The van der Waals surface area contributed by atoms with E-state index in [-0.39, 0.29) is 18.3 Å². The van der Waals surface area contributed by atoms with Crippen LogP contribution in [0.5, 0.6) is 0 Å². The molecule has 0 aliphatic rings. The fourth-order valence-electron chi connectivity index (χ4n) is 1.47. The number of carbonyl (C=O) groups excluding carboxylic acids is 2. The zero-order chi connectivity index (χ0) is 15.0. The van der Waals surface area contributed by atoms with Crippen LogP contribution >= 0.6 is 11.8 Å². The van der Waals surface area contributed by atoms with Crippen molar-refractivity contribution < 1.29 is 14.3 Å². The summed E-state index contributed by atoms with van der Waals surface area (Å²) in [5.41, 5.74) is 1.73. The molecule has 0 aliphatic carbocycles. The number of rotatable bonds is 7. The molecular weight excluding hydrogens is 274 g/mol. The molecule has 5 heteroatoms. The number of hydrogen-bond acceptors (Lipinski definition) is 5. The van der Waals surface area contributed by atoms with E-state index in [1.54, 1.807) is 19.1 Å². The summed E-state index contributed by atoms with van der Waals surface area (Å²) in [5.74, 6) is -0.430. The molecule has 0 heterocycles. The van der Waals surface area contributed by atoms with Gasteiger partial charge in [0.25, 0.3) is 0 Å². The van der Waals surface area contributed by atoms with Crippen molar-refractivity contribution in [3.8, 4) is 0 Å². The van der Waals surface area contributed by atoms with E-state index in [0.717, 1.165) is 5.56 Å². The van der Waals surface area contributed by atoms with Gasteiger partial charge in [-0.25, -0.2) is 0 Å². The van der Waals surface area contributed by atoms with Gasteiger partial charge in [-0.15, -0.1) is 11.8 Å². The van der Waals surface area contributed by atoms with Crippen LogP contribution in [0.25, 0.3) is 0 Å². The molecule has 0 bridgehead atoms. The summed E-state index contributed by atoms with van der Waals surface area (Å²) in [7, 11) is 0. The summed E-state index contributed by atoms with van der Waals surface area (Å²) in [5, 5.41) is 3.54. The maximum atomic E-state index is 12.0. The highest BCUT2D eigenvalue weighted by Gasteiger charge is 2.06. The van der Waals surface area contributed by atoms with Crippen molar-refractivity contribution in [1.82, 2.24) is 5.32 Å². The van der Waals surface area contributed by atoms with Gasteiger partial charge in [0.15, 0.2) is 5.78 Å². The lowest BCUT2D eigenvalue weighted by Gasteiger charge is -2.07. The van der Waals surface area contributed by atoms with Gasteiger partial charge in [-0.1, -0.05) is 29.8 Å². The van der Waals surface area contributed by atoms with Gasteiger partial charge in [-0.05, 0) is 20.1 Å². The quantitative estimate of drug-likeness (QED) is 0.475. The molecule has 0 spiro atoms. The second-order valence-corrected chi connectivity index (χ2v) is 4.95. The third kappa shape index (κ3) is 5.48. The predicted molar refractivity (Wildman–Crippen MR) is 81.7 cm³/mol. The lowest BCUT2D eigenvalue weighted by atomic mass is 10.1. The van der Waals surface area contributed by atoms with Crippen molar-refractivity contribution in [2.75, 3.05) is 19.4 Å². The van der Waals surface area contributed by atoms with Crippen LogP contribution in [0.4, 0.5) is 0 Å². The number of ether oxygens (including phenoxy) is 1. The highest BCUT2D eigenvalue weighted by atomic mass is 32.2. The van der Waals surface area contributed by atoms with Crippen molar-refractivity contribution in [2.24, 2.45) is 0 Å². The first-order chi connectivity index (χ1) is 9.56. The zero-order valence-corrected chi connectivity index (χ0v) is 12.8. The van der Waals surface area contributed by atoms with Crippen LogP contribution in [-0.2, 0) is 9.53 Å². The molecule has 0 unspecified atom stereocenters. The van der Waals surface area contributed by atoms with Crippen molar-refractivity contribution in [2.45, 2.75) is 13.8 Å². The first kappa shape index (κ1) is 16.3. The third-order valence-electron chi connectivity index (χ3n) is 2.53. The number of hydrogen-bond donors (Lipinski definition) is 1. The van der Waals surface area contributed by atoms with Crippen molar-refractivity contribution in [1.29, 1.82) is 0 Å². The van der Waals surface area contributed by atoms with E-state index in [0.29, 0.717) is 17.2 Å². The molecule has 0 fully saturated rings. The number of benzene rings is 1. The summed E-state index contributed by atoms with van der Waals surface area (Å²) in [4.78, 5) is 23.3. The molecule has 1 rings (SSSR count). The lowest BCUT2D eigenvalue weighted by Crippen LogP contribution is -2.23. The fraction of sp³-hybridized carbons (Fsp3) is 0.333. The normalized spacial score (nSPS) is 11.1. The highest BCUT2D eigenvalue weighted by Crippen LogP contribution is 2.11. The minimum absolute atomic E-state index is 0.0572. The molecular formula is C15H19NO3S. The van der Waals surface area contributed by atoms with E-state index in [9.17, 15) is 9.59 Å². The van der Waals surface area contributed by atoms with Crippen LogP contribution < -0.4 is 5.32 Å². The van der Waals surface area contributed by atoms with Crippen LogP contribution in [0.1, 0.15) is 22.8 Å². The molecule has 1 aromatic rings. The van der Waals surface area contributed by atoms with E-state index in [1.807, 2.05) is 25.3 Å². The van der Waals surface area contributed by atoms with Gasteiger partial charge in [-0.2, -0.15) is 0 Å². The van der Waals surface area contributed by atoms with Gasteiger partial charge < -0.3 is 10.1 Å².